The fourth-order valence-electron chi connectivity index (χ4n) is 3.08. The summed E-state index contributed by atoms with van der Waals surface area (Å²) in [5.41, 5.74) is 4.55. The Labute approximate surface area is 122 Å². The van der Waals surface area contributed by atoms with Crippen molar-refractivity contribution in [1.82, 2.24) is 0 Å². The second-order valence-corrected chi connectivity index (χ2v) is 5.27. The molecule has 2 aliphatic heterocycles. The fourth-order valence-corrected chi connectivity index (χ4v) is 3.08. The van der Waals surface area contributed by atoms with Crippen molar-refractivity contribution < 1.29 is 9.90 Å². The first-order chi connectivity index (χ1) is 10.3. The largest absolute Gasteiger partial charge is 0.364 e. The highest BCUT2D eigenvalue weighted by Gasteiger charge is 2.35. The van der Waals surface area contributed by atoms with E-state index < -0.39 is 6.23 Å². The van der Waals surface area contributed by atoms with Crippen LogP contribution in [0.25, 0.3) is 0 Å². The Morgan fingerprint density at radius 1 is 1.10 bits per heavy atom. The van der Waals surface area contributed by atoms with E-state index in [1.165, 1.54) is 0 Å². The Kier molecular flexibility index (Phi) is 2.65. The van der Waals surface area contributed by atoms with Gasteiger partial charge in [0, 0.05) is 17.7 Å². The predicted molar refractivity (Wildman–Crippen MR) is 80.6 cm³/mol. The number of aliphatic imine (C=N–C) groups is 1. The van der Waals surface area contributed by atoms with Gasteiger partial charge in [0.1, 0.15) is 0 Å². The highest BCUT2D eigenvalue weighted by molar-refractivity contribution is 6.20. The van der Waals surface area contributed by atoms with Gasteiger partial charge in [0.05, 0.1) is 11.4 Å². The molecular formula is C17H14N2O2. The SMILES string of the molecule is O=C1C(O)N=C(c2ccccc2)c2cccc3c2N1CC3. The molecule has 21 heavy (non-hydrogen) atoms. The smallest absolute Gasteiger partial charge is 0.278 e. The van der Waals surface area contributed by atoms with E-state index in [2.05, 4.69) is 4.99 Å². The summed E-state index contributed by atoms with van der Waals surface area (Å²) >= 11 is 0. The lowest BCUT2D eigenvalue weighted by Gasteiger charge is -2.18. The second-order valence-electron chi connectivity index (χ2n) is 5.27. The third-order valence-corrected chi connectivity index (χ3v) is 4.03. The number of anilines is 1. The minimum absolute atomic E-state index is 0.341. The third-order valence-electron chi connectivity index (χ3n) is 4.03. The summed E-state index contributed by atoms with van der Waals surface area (Å²) in [6.07, 6.45) is -0.512. The summed E-state index contributed by atoms with van der Waals surface area (Å²) in [6.45, 7) is 0.611. The number of carbonyl (C=O) groups is 1. The quantitative estimate of drug-likeness (QED) is 0.864. The summed E-state index contributed by atoms with van der Waals surface area (Å²) in [5.74, 6) is -0.341. The molecule has 0 aromatic heterocycles. The average Bonchev–Trinajstić information content (AvgIpc) is 2.92. The number of aliphatic hydroxyl groups is 1. The van der Waals surface area contributed by atoms with Gasteiger partial charge in [-0.2, -0.15) is 0 Å². The second kappa shape index (κ2) is 4.53. The van der Waals surface area contributed by atoms with E-state index >= 15 is 0 Å². The van der Waals surface area contributed by atoms with Crippen molar-refractivity contribution in [3.8, 4) is 0 Å². The van der Waals surface area contributed by atoms with Gasteiger partial charge in [-0.25, -0.2) is 4.99 Å². The molecule has 2 aliphatic rings. The minimum Gasteiger partial charge on any atom is -0.364 e. The molecule has 1 atom stereocenters. The summed E-state index contributed by atoms with van der Waals surface area (Å²) in [5, 5.41) is 10.1. The number of para-hydroxylation sites is 1. The minimum atomic E-state index is -1.33. The number of aliphatic hydroxyl groups excluding tert-OH is 1. The van der Waals surface area contributed by atoms with Crippen molar-refractivity contribution in [2.45, 2.75) is 12.6 Å². The van der Waals surface area contributed by atoms with Gasteiger partial charge in [-0.1, -0.05) is 48.5 Å². The monoisotopic (exact) mass is 278 g/mol. The molecule has 0 saturated heterocycles. The van der Waals surface area contributed by atoms with E-state index in [1.807, 2.05) is 48.5 Å². The molecule has 4 heteroatoms. The topological polar surface area (TPSA) is 52.9 Å². The van der Waals surface area contributed by atoms with Crippen LogP contribution in [0.4, 0.5) is 5.69 Å². The predicted octanol–water partition coefficient (Wildman–Crippen LogP) is 1.75. The van der Waals surface area contributed by atoms with Crippen LogP contribution in [-0.4, -0.2) is 29.5 Å². The van der Waals surface area contributed by atoms with E-state index in [9.17, 15) is 9.90 Å². The van der Waals surface area contributed by atoms with Crippen LogP contribution >= 0.6 is 0 Å². The first-order valence-electron chi connectivity index (χ1n) is 7.00. The molecule has 2 aromatic rings. The molecule has 1 N–H and O–H groups in total. The van der Waals surface area contributed by atoms with Gasteiger partial charge >= 0.3 is 0 Å². The molecule has 0 fully saturated rings. The summed E-state index contributed by atoms with van der Waals surface area (Å²) in [7, 11) is 0. The first kappa shape index (κ1) is 12.3. The van der Waals surface area contributed by atoms with Crippen molar-refractivity contribution in [2.75, 3.05) is 11.4 Å². The molecule has 0 spiro atoms. The third kappa shape index (κ3) is 1.80. The molecule has 0 bridgehead atoms. The zero-order valence-electron chi connectivity index (χ0n) is 11.4. The molecule has 0 saturated carbocycles. The Bertz CT molecular complexity index is 753. The molecule has 2 heterocycles. The van der Waals surface area contributed by atoms with Crippen LogP contribution in [0.15, 0.2) is 53.5 Å². The van der Waals surface area contributed by atoms with Gasteiger partial charge in [-0.15, -0.1) is 0 Å². The van der Waals surface area contributed by atoms with E-state index in [4.69, 9.17) is 0 Å². The Morgan fingerprint density at radius 2 is 1.90 bits per heavy atom. The number of benzene rings is 2. The summed E-state index contributed by atoms with van der Waals surface area (Å²) < 4.78 is 0. The number of rotatable bonds is 1. The average molecular weight is 278 g/mol. The zero-order chi connectivity index (χ0) is 14.4. The Hall–Kier alpha value is -2.46. The number of amides is 1. The molecule has 1 unspecified atom stereocenters. The van der Waals surface area contributed by atoms with Crippen molar-refractivity contribution >= 4 is 17.3 Å². The molecule has 4 rings (SSSR count). The maximum atomic E-state index is 12.3. The van der Waals surface area contributed by atoms with Gasteiger partial charge in [0.2, 0.25) is 6.23 Å². The lowest BCUT2D eigenvalue weighted by molar-refractivity contribution is -0.126. The van der Waals surface area contributed by atoms with Crippen LogP contribution in [0.1, 0.15) is 16.7 Å². The summed E-state index contributed by atoms with van der Waals surface area (Å²) in [4.78, 5) is 18.3. The summed E-state index contributed by atoms with van der Waals surface area (Å²) in [6, 6.07) is 15.7. The van der Waals surface area contributed by atoms with Gasteiger partial charge in [-0.05, 0) is 12.0 Å². The molecule has 104 valence electrons. The Balaban J connectivity index is 1.99. The molecule has 0 radical (unpaired) electrons. The van der Waals surface area contributed by atoms with Crippen molar-refractivity contribution in [2.24, 2.45) is 4.99 Å². The van der Waals surface area contributed by atoms with Crippen LogP contribution in [0, 0.1) is 0 Å². The van der Waals surface area contributed by atoms with Crippen LogP contribution < -0.4 is 4.90 Å². The Morgan fingerprint density at radius 3 is 2.71 bits per heavy atom. The highest BCUT2D eigenvalue weighted by Crippen LogP contribution is 2.35. The maximum Gasteiger partial charge on any atom is 0.278 e. The van der Waals surface area contributed by atoms with Gasteiger partial charge < -0.3 is 10.0 Å². The van der Waals surface area contributed by atoms with E-state index in [0.29, 0.717) is 12.3 Å². The number of hydrogen-bond acceptors (Lipinski definition) is 3. The van der Waals surface area contributed by atoms with Crippen LogP contribution in [-0.2, 0) is 11.2 Å². The lowest BCUT2D eigenvalue weighted by Crippen LogP contribution is -2.36. The van der Waals surface area contributed by atoms with Crippen molar-refractivity contribution in [3.05, 3.63) is 65.2 Å². The number of hydrogen-bond donors (Lipinski definition) is 1. The highest BCUT2D eigenvalue weighted by atomic mass is 16.3. The van der Waals surface area contributed by atoms with Crippen molar-refractivity contribution in [1.29, 1.82) is 0 Å². The van der Waals surface area contributed by atoms with Gasteiger partial charge in [0.25, 0.3) is 5.91 Å². The van der Waals surface area contributed by atoms with Crippen LogP contribution in [0.3, 0.4) is 0 Å². The maximum absolute atomic E-state index is 12.3. The van der Waals surface area contributed by atoms with Crippen LogP contribution in [0.5, 0.6) is 0 Å². The van der Waals surface area contributed by atoms with E-state index in [0.717, 1.165) is 28.8 Å². The van der Waals surface area contributed by atoms with E-state index in [1.54, 1.807) is 4.90 Å². The van der Waals surface area contributed by atoms with Crippen molar-refractivity contribution in [3.63, 3.8) is 0 Å². The molecule has 0 aliphatic carbocycles. The molecular weight excluding hydrogens is 264 g/mol. The fraction of sp³-hybridized carbons (Fsp3) is 0.176. The first-order valence-corrected chi connectivity index (χ1v) is 7.00. The normalized spacial score (nSPS) is 20.0. The number of carbonyl (C=O) groups excluding carboxylic acids is 1. The molecule has 4 nitrogen and oxygen atoms in total. The zero-order valence-corrected chi connectivity index (χ0v) is 11.4. The van der Waals surface area contributed by atoms with Gasteiger partial charge in [0.15, 0.2) is 0 Å². The van der Waals surface area contributed by atoms with Gasteiger partial charge in [-0.3, -0.25) is 4.79 Å². The van der Waals surface area contributed by atoms with Crippen LogP contribution in [0.2, 0.25) is 0 Å². The standard InChI is InChI=1S/C17H14N2O2/c20-16-17(21)19-10-9-12-7-4-8-13(15(12)19)14(18-16)11-5-2-1-3-6-11/h1-8,16,20H,9-10H2. The van der Waals surface area contributed by atoms with E-state index in [-0.39, 0.29) is 5.91 Å². The molecule has 1 amide bonds. The lowest BCUT2D eigenvalue weighted by atomic mass is 9.98. The number of nitrogens with zero attached hydrogens (tertiary/aromatic N) is 2. The molecule has 2 aromatic carbocycles.